The number of fused-ring (bicyclic) bond motifs is 1. The predicted octanol–water partition coefficient (Wildman–Crippen LogP) is 4.01. The highest BCUT2D eigenvalue weighted by Gasteiger charge is 2.24. The molecule has 1 aliphatic carbocycles. The second kappa shape index (κ2) is 9.91. The summed E-state index contributed by atoms with van der Waals surface area (Å²) >= 11 is 0. The number of allylic oxidation sites excluding steroid dienone is 2. The van der Waals surface area contributed by atoms with Gasteiger partial charge in [-0.2, -0.15) is 0 Å². The van der Waals surface area contributed by atoms with Crippen LogP contribution in [0.5, 0.6) is 0 Å². The van der Waals surface area contributed by atoms with E-state index in [-0.39, 0.29) is 23.4 Å². The Morgan fingerprint density at radius 3 is 2.75 bits per heavy atom. The van der Waals surface area contributed by atoms with Gasteiger partial charge in [0.25, 0.3) is 5.91 Å². The lowest BCUT2D eigenvalue weighted by Gasteiger charge is -2.26. The SMILES string of the molecule is C/C=C1\C(=Nc2cc(C(=O)NC3CC3)ccc2C)N=CNN1/C=C/C(=O)c1cnc2ccccc2n1. The molecule has 2 heterocycles. The number of para-hydroxylation sites is 2. The first kappa shape index (κ1) is 23.1. The summed E-state index contributed by atoms with van der Waals surface area (Å²) in [7, 11) is 0. The molecule has 1 fully saturated rings. The zero-order chi connectivity index (χ0) is 25.1. The number of nitrogens with one attached hydrogen (secondary N) is 2. The van der Waals surface area contributed by atoms with E-state index in [1.807, 2.05) is 50.3 Å². The van der Waals surface area contributed by atoms with E-state index in [9.17, 15) is 9.59 Å². The molecule has 9 nitrogen and oxygen atoms in total. The van der Waals surface area contributed by atoms with Gasteiger partial charge in [0, 0.05) is 23.9 Å². The summed E-state index contributed by atoms with van der Waals surface area (Å²) in [6, 6.07) is 13.1. The minimum atomic E-state index is -0.281. The lowest BCUT2D eigenvalue weighted by atomic mass is 10.1. The molecule has 36 heavy (non-hydrogen) atoms. The number of nitrogens with zero attached hydrogens (tertiary/aromatic N) is 5. The maximum atomic E-state index is 12.8. The van der Waals surface area contributed by atoms with Crippen molar-refractivity contribution in [2.75, 3.05) is 0 Å². The van der Waals surface area contributed by atoms with Gasteiger partial charge in [0.1, 0.15) is 17.7 Å². The van der Waals surface area contributed by atoms with Gasteiger partial charge in [-0.05, 0) is 56.5 Å². The third-order valence-corrected chi connectivity index (χ3v) is 5.83. The Morgan fingerprint density at radius 1 is 1.17 bits per heavy atom. The number of carbonyl (C=O) groups is 2. The zero-order valence-electron chi connectivity index (χ0n) is 20.0. The number of aryl methyl sites for hydroxylation is 1. The average Bonchev–Trinajstić information content (AvgIpc) is 3.72. The third-order valence-electron chi connectivity index (χ3n) is 5.83. The molecule has 3 aromatic rings. The number of hydrogen-bond donors (Lipinski definition) is 2. The van der Waals surface area contributed by atoms with Crippen LogP contribution in [0.4, 0.5) is 5.69 Å². The molecule has 0 spiro atoms. The summed E-state index contributed by atoms with van der Waals surface area (Å²) in [4.78, 5) is 43.1. The number of aliphatic imine (C=N–C) groups is 2. The summed E-state index contributed by atoms with van der Waals surface area (Å²) in [6.45, 7) is 3.79. The minimum Gasteiger partial charge on any atom is -0.349 e. The first-order valence-corrected chi connectivity index (χ1v) is 11.7. The van der Waals surface area contributed by atoms with Crippen LogP contribution >= 0.6 is 0 Å². The van der Waals surface area contributed by atoms with Crippen molar-refractivity contribution in [2.24, 2.45) is 9.98 Å². The molecular formula is C27H25N7O2. The molecule has 5 rings (SSSR count). The molecule has 2 aromatic carbocycles. The van der Waals surface area contributed by atoms with Crippen LogP contribution in [0.1, 0.15) is 46.2 Å². The molecule has 1 aliphatic heterocycles. The number of carbonyl (C=O) groups excluding carboxylic acids is 2. The van der Waals surface area contributed by atoms with Crippen molar-refractivity contribution in [1.82, 2.24) is 25.7 Å². The van der Waals surface area contributed by atoms with Gasteiger partial charge in [0.2, 0.25) is 5.78 Å². The molecule has 0 saturated heterocycles. The highest BCUT2D eigenvalue weighted by Crippen LogP contribution is 2.25. The summed E-state index contributed by atoms with van der Waals surface area (Å²) < 4.78 is 0. The second-order valence-electron chi connectivity index (χ2n) is 8.54. The van der Waals surface area contributed by atoms with Crippen LogP contribution in [-0.4, -0.2) is 44.9 Å². The van der Waals surface area contributed by atoms with E-state index in [0.717, 1.165) is 23.9 Å². The van der Waals surface area contributed by atoms with Crippen LogP contribution in [-0.2, 0) is 0 Å². The van der Waals surface area contributed by atoms with Crippen molar-refractivity contribution in [3.05, 3.63) is 89.5 Å². The number of aromatic nitrogens is 2. The number of benzene rings is 2. The topological polar surface area (TPSA) is 112 Å². The molecule has 0 bridgehead atoms. The van der Waals surface area contributed by atoms with Crippen LogP contribution in [0.3, 0.4) is 0 Å². The summed E-state index contributed by atoms with van der Waals surface area (Å²) in [5, 5.41) is 4.65. The summed E-state index contributed by atoms with van der Waals surface area (Å²) in [5.41, 5.74) is 7.42. The fraction of sp³-hybridized carbons (Fsp3) is 0.185. The zero-order valence-corrected chi connectivity index (χ0v) is 20.0. The van der Waals surface area contributed by atoms with E-state index in [2.05, 4.69) is 25.7 Å². The van der Waals surface area contributed by atoms with E-state index in [4.69, 9.17) is 4.99 Å². The van der Waals surface area contributed by atoms with Crippen LogP contribution < -0.4 is 10.7 Å². The maximum absolute atomic E-state index is 12.8. The monoisotopic (exact) mass is 479 g/mol. The smallest absolute Gasteiger partial charge is 0.251 e. The lowest BCUT2D eigenvalue weighted by Crippen LogP contribution is -2.38. The van der Waals surface area contributed by atoms with E-state index in [0.29, 0.717) is 28.3 Å². The Bertz CT molecular complexity index is 1470. The predicted molar refractivity (Wildman–Crippen MR) is 139 cm³/mol. The fourth-order valence-electron chi connectivity index (χ4n) is 3.66. The molecule has 0 unspecified atom stereocenters. The molecule has 180 valence electrons. The molecule has 2 aliphatic rings. The van der Waals surface area contributed by atoms with E-state index < -0.39 is 0 Å². The Morgan fingerprint density at radius 2 is 1.97 bits per heavy atom. The first-order valence-electron chi connectivity index (χ1n) is 11.7. The maximum Gasteiger partial charge on any atom is 0.251 e. The normalized spacial score (nSPS) is 17.7. The van der Waals surface area contributed by atoms with Crippen LogP contribution in [0.25, 0.3) is 11.0 Å². The third kappa shape index (κ3) is 5.05. The van der Waals surface area contributed by atoms with E-state index in [1.54, 1.807) is 23.3 Å². The number of hydrazine groups is 1. The van der Waals surface area contributed by atoms with Crippen molar-refractivity contribution < 1.29 is 9.59 Å². The van der Waals surface area contributed by atoms with E-state index in [1.165, 1.54) is 18.6 Å². The first-order chi connectivity index (χ1) is 17.5. The number of amidine groups is 1. The number of amides is 1. The lowest BCUT2D eigenvalue weighted by molar-refractivity contribution is 0.0950. The van der Waals surface area contributed by atoms with E-state index >= 15 is 0 Å². The largest absolute Gasteiger partial charge is 0.349 e. The van der Waals surface area contributed by atoms with Crippen LogP contribution in [0.2, 0.25) is 0 Å². The van der Waals surface area contributed by atoms with Crippen LogP contribution in [0, 0.1) is 6.92 Å². The van der Waals surface area contributed by atoms with Gasteiger partial charge in [-0.3, -0.25) is 25.0 Å². The molecule has 0 radical (unpaired) electrons. The van der Waals surface area contributed by atoms with Crippen molar-refractivity contribution in [2.45, 2.75) is 32.7 Å². The molecule has 0 atom stereocenters. The Hall–Kier alpha value is -4.66. The van der Waals surface area contributed by atoms with Crippen molar-refractivity contribution >= 4 is 40.6 Å². The van der Waals surface area contributed by atoms with Crippen LogP contribution in [0.15, 0.2) is 82.7 Å². The molecule has 1 aromatic heterocycles. The average molecular weight is 480 g/mol. The van der Waals surface area contributed by atoms with Crippen molar-refractivity contribution in [3.63, 3.8) is 0 Å². The van der Waals surface area contributed by atoms with Gasteiger partial charge >= 0.3 is 0 Å². The van der Waals surface area contributed by atoms with Gasteiger partial charge in [0.05, 0.1) is 22.9 Å². The Kier molecular flexibility index (Phi) is 6.36. The highest BCUT2D eigenvalue weighted by atomic mass is 16.1. The fourth-order valence-corrected chi connectivity index (χ4v) is 3.66. The molecular weight excluding hydrogens is 454 g/mol. The second-order valence-corrected chi connectivity index (χ2v) is 8.54. The molecule has 9 heteroatoms. The van der Waals surface area contributed by atoms with Crippen molar-refractivity contribution in [3.8, 4) is 0 Å². The van der Waals surface area contributed by atoms with Gasteiger partial charge < -0.3 is 5.32 Å². The van der Waals surface area contributed by atoms with Gasteiger partial charge in [0.15, 0.2) is 5.84 Å². The minimum absolute atomic E-state index is 0.0983. The molecule has 1 saturated carbocycles. The summed E-state index contributed by atoms with van der Waals surface area (Å²) in [5.74, 6) is 0.0669. The standard InChI is InChI=1S/C27H25N7O2/c1-3-24-26(33-22-14-18(9-8-17(22)2)27(36)31-19-10-11-19)29-16-30-34(24)13-12-25(35)23-15-28-20-6-4-5-7-21(20)32-23/h3-9,12-16,19H,10-11H2,1-2H3,(H,31,36)(H,29,30,33)/b13-12+,24-3+. The number of ketones is 1. The number of rotatable bonds is 6. The van der Waals surface area contributed by atoms with Gasteiger partial charge in [-0.25, -0.2) is 15.0 Å². The number of hydrogen-bond acceptors (Lipinski definition) is 7. The Balaban J connectivity index is 1.36. The van der Waals surface area contributed by atoms with Gasteiger partial charge in [-0.1, -0.05) is 24.3 Å². The summed E-state index contributed by atoms with van der Waals surface area (Å²) in [6.07, 6.45) is 9.87. The molecule has 2 N–H and O–H groups in total. The van der Waals surface area contributed by atoms with Crippen molar-refractivity contribution in [1.29, 1.82) is 0 Å². The Labute approximate surface area is 208 Å². The quantitative estimate of drug-likeness (QED) is 0.408. The highest BCUT2D eigenvalue weighted by molar-refractivity contribution is 6.06. The van der Waals surface area contributed by atoms with Gasteiger partial charge in [-0.15, -0.1) is 0 Å². The molecule has 1 amide bonds.